The van der Waals surface area contributed by atoms with Crippen LogP contribution in [0.4, 0.5) is 0 Å². The molecule has 0 radical (unpaired) electrons. The van der Waals surface area contributed by atoms with E-state index in [0.29, 0.717) is 11.7 Å². The summed E-state index contributed by atoms with van der Waals surface area (Å²) in [6.07, 6.45) is 1.85. The molecule has 7 nitrogen and oxygen atoms in total. The summed E-state index contributed by atoms with van der Waals surface area (Å²) in [4.78, 5) is 4.64. The van der Waals surface area contributed by atoms with E-state index >= 15 is 0 Å². The number of benzene rings is 1. The minimum Gasteiger partial charge on any atom is -0.497 e. The zero-order chi connectivity index (χ0) is 22.3. The van der Waals surface area contributed by atoms with Crippen LogP contribution in [0.5, 0.6) is 5.75 Å². The predicted octanol–water partition coefficient (Wildman–Crippen LogP) is 3.73. The van der Waals surface area contributed by atoms with Gasteiger partial charge in [0.1, 0.15) is 22.9 Å². The molecule has 178 valence electrons. The summed E-state index contributed by atoms with van der Waals surface area (Å²) in [6, 6.07) is 11.9. The number of hydrogen-bond acceptors (Lipinski definition) is 5. The van der Waals surface area contributed by atoms with E-state index in [0.717, 1.165) is 50.7 Å². The zero-order valence-electron chi connectivity index (χ0n) is 19.4. The lowest BCUT2D eigenvalue weighted by atomic mass is 9.74. The van der Waals surface area contributed by atoms with Gasteiger partial charge >= 0.3 is 0 Å². The van der Waals surface area contributed by atoms with Crippen LogP contribution in [0.2, 0.25) is 0 Å². The highest BCUT2D eigenvalue weighted by Gasteiger charge is 2.35. The highest BCUT2D eigenvalue weighted by Crippen LogP contribution is 2.35. The van der Waals surface area contributed by atoms with Crippen molar-refractivity contribution in [3.63, 3.8) is 0 Å². The van der Waals surface area contributed by atoms with Gasteiger partial charge < -0.3 is 29.6 Å². The van der Waals surface area contributed by atoms with Gasteiger partial charge in [-0.2, -0.15) is 0 Å². The third-order valence-electron chi connectivity index (χ3n) is 5.91. The Kier molecular flexibility index (Phi) is 9.84. The average Bonchev–Trinajstić information content (AvgIpc) is 3.24. The fraction of sp³-hybridized carbons (Fsp3) is 0.542. The molecule has 0 saturated carbocycles. The minimum atomic E-state index is -1.18. The topological polar surface area (TPSA) is 88.3 Å². The maximum Gasteiger partial charge on any atom is 0.191 e. The van der Waals surface area contributed by atoms with Gasteiger partial charge in [-0.05, 0) is 63.4 Å². The molecule has 1 atom stereocenters. The number of hydrogen-bond donors (Lipinski definition) is 3. The summed E-state index contributed by atoms with van der Waals surface area (Å²) in [5.74, 6) is 2.81. The van der Waals surface area contributed by atoms with E-state index < -0.39 is 5.60 Å². The Hall–Kier alpha value is -1.78. The highest BCUT2D eigenvalue weighted by molar-refractivity contribution is 14.0. The summed E-state index contributed by atoms with van der Waals surface area (Å²) in [5.41, 5.74) is 0.0302. The summed E-state index contributed by atoms with van der Waals surface area (Å²) in [5, 5.41) is 17.6. The van der Waals surface area contributed by atoms with Crippen molar-refractivity contribution in [2.45, 2.75) is 44.6 Å². The Morgan fingerprint density at radius 1 is 1.16 bits per heavy atom. The van der Waals surface area contributed by atoms with Crippen molar-refractivity contribution in [2.75, 3.05) is 40.0 Å². The van der Waals surface area contributed by atoms with Gasteiger partial charge in [0.25, 0.3) is 0 Å². The van der Waals surface area contributed by atoms with Gasteiger partial charge in [0.15, 0.2) is 5.96 Å². The molecule has 8 heteroatoms. The van der Waals surface area contributed by atoms with Crippen LogP contribution in [0.25, 0.3) is 0 Å². The van der Waals surface area contributed by atoms with E-state index in [4.69, 9.17) is 13.9 Å². The molecular weight excluding hydrogens is 521 g/mol. The highest BCUT2D eigenvalue weighted by atomic mass is 127. The Morgan fingerprint density at radius 2 is 1.84 bits per heavy atom. The van der Waals surface area contributed by atoms with Crippen LogP contribution in [0.3, 0.4) is 0 Å². The maximum absolute atomic E-state index is 10.8. The molecule has 1 aromatic heterocycles. The molecule has 1 saturated heterocycles. The number of methoxy groups -OCH3 is 1. The van der Waals surface area contributed by atoms with Crippen molar-refractivity contribution in [3.05, 3.63) is 53.5 Å². The second-order valence-electron chi connectivity index (χ2n) is 8.35. The van der Waals surface area contributed by atoms with E-state index in [-0.39, 0.29) is 35.9 Å². The second kappa shape index (κ2) is 11.9. The Bertz CT molecular complexity index is 858. The van der Waals surface area contributed by atoms with Crippen LogP contribution in [0.1, 0.15) is 43.8 Å². The predicted molar refractivity (Wildman–Crippen MR) is 137 cm³/mol. The normalized spacial score (nSPS) is 17.7. The molecule has 1 aromatic carbocycles. The molecule has 1 unspecified atom stereocenters. The fourth-order valence-electron chi connectivity index (χ4n) is 3.90. The molecule has 32 heavy (non-hydrogen) atoms. The number of aliphatic hydroxyl groups is 1. The first-order chi connectivity index (χ1) is 14.9. The lowest BCUT2D eigenvalue weighted by Gasteiger charge is -2.38. The molecule has 1 aliphatic heterocycles. The van der Waals surface area contributed by atoms with Gasteiger partial charge in [0.05, 0.1) is 13.7 Å². The largest absolute Gasteiger partial charge is 0.497 e. The standard InChI is InChI=1S/C24H35N3O4.HI/c1-5-25-22(26-16-23(3,28)21-11-6-18(2)31-21)27-17-24(12-14-30-15-13-24)19-7-9-20(29-4)10-8-19;/h6-11,28H,5,12-17H2,1-4H3,(H2,25,26,27);1H. The van der Waals surface area contributed by atoms with Crippen molar-refractivity contribution in [3.8, 4) is 5.75 Å². The quantitative estimate of drug-likeness (QED) is 0.261. The molecular formula is C24H36IN3O4. The summed E-state index contributed by atoms with van der Waals surface area (Å²) in [6.45, 7) is 8.70. The van der Waals surface area contributed by atoms with Gasteiger partial charge in [-0.25, -0.2) is 4.99 Å². The lowest BCUT2D eigenvalue weighted by Crippen LogP contribution is -2.48. The molecule has 0 spiro atoms. The molecule has 0 amide bonds. The number of furan rings is 1. The first kappa shape index (κ1) is 26.5. The van der Waals surface area contributed by atoms with Crippen LogP contribution >= 0.6 is 24.0 Å². The number of aliphatic imine (C=N–C) groups is 1. The summed E-state index contributed by atoms with van der Waals surface area (Å²) in [7, 11) is 1.68. The number of nitrogens with one attached hydrogen (secondary N) is 2. The number of guanidine groups is 1. The van der Waals surface area contributed by atoms with Crippen LogP contribution in [-0.4, -0.2) is 51.0 Å². The van der Waals surface area contributed by atoms with Gasteiger partial charge in [-0.15, -0.1) is 24.0 Å². The van der Waals surface area contributed by atoms with Crippen molar-refractivity contribution < 1.29 is 19.0 Å². The molecule has 1 aliphatic rings. The molecule has 0 bridgehead atoms. The Morgan fingerprint density at radius 3 is 2.41 bits per heavy atom. The molecule has 2 aromatic rings. The minimum absolute atomic E-state index is 0. The molecule has 1 fully saturated rings. The number of ether oxygens (including phenoxy) is 2. The maximum atomic E-state index is 10.8. The lowest BCUT2D eigenvalue weighted by molar-refractivity contribution is 0.0427. The van der Waals surface area contributed by atoms with Crippen LogP contribution in [0.15, 0.2) is 45.8 Å². The van der Waals surface area contributed by atoms with Gasteiger partial charge in [0, 0.05) is 31.7 Å². The number of halogens is 1. The molecule has 3 N–H and O–H groups in total. The van der Waals surface area contributed by atoms with Crippen molar-refractivity contribution in [1.29, 1.82) is 0 Å². The van der Waals surface area contributed by atoms with Gasteiger partial charge in [0.2, 0.25) is 0 Å². The number of aryl methyl sites for hydroxylation is 1. The van der Waals surface area contributed by atoms with Crippen molar-refractivity contribution in [1.82, 2.24) is 10.6 Å². The Labute approximate surface area is 208 Å². The van der Waals surface area contributed by atoms with E-state index in [2.05, 4.69) is 27.8 Å². The smallest absolute Gasteiger partial charge is 0.191 e. The number of nitrogens with zero attached hydrogens (tertiary/aromatic N) is 1. The monoisotopic (exact) mass is 557 g/mol. The van der Waals surface area contributed by atoms with E-state index in [1.165, 1.54) is 5.56 Å². The summed E-state index contributed by atoms with van der Waals surface area (Å²) >= 11 is 0. The molecule has 0 aliphatic carbocycles. The van der Waals surface area contributed by atoms with Crippen LogP contribution in [-0.2, 0) is 15.8 Å². The summed E-state index contributed by atoms with van der Waals surface area (Å²) < 4.78 is 16.6. The van der Waals surface area contributed by atoms with E-state index in [1.807, 2.05) is 32.0 Å². The van der Waals surface area contributed by atoms with Crippen LogP contribution in [0, 0.1) is 6.92 Å². The third-order valence-corrected chi connectivity index (χ3v) is 5.91. The van der Waals surface area contributed by atoms with Crippen molar-refractivity contribution >= 4 is 29.9 Å². The SMILES string of the molecule is CCNC(=NCC(C)(O)c1ccc(C)o1)NCC1(c2ccc(OC)cc2)CCOCC1.I. The molecule has 2 heterocycles. The fourth-order valence-corrected chi connectivity index (χ4v) is 3.90. The first-order valence-corrected chi connectivity index (χ1v) is 10.9. The first-order valence-electron chi connectivity index (χ1n) is 10.9. The number of rotatable bonds is 8. The molecule has 3 rings (SSSR count). The average molecular weight is 557 g/mol. The zero-order valence-corrected chi connectivity index (χ0v) is 21.8. The third kappa shape index (κ3) is 6.62. The van der Waals surface area contributed by atoms with E-state index in [9.17, 15) is 5.11 Å². The van der Waals surface area contributed by atoms with Crippen LogP contribution < -0.4 is 15.4 Å². The van der Waals surface area contributed by atoms with E-state index in [1.54, 1.807) is 20.1 Å². The Balaban J connectivity index is 0.00000363. The van der Waals surface area contributed by atoms with Gasteiger partial charge in [-0.3, -0.25) is 0 Å². The van der Waals surface area contributed by atoms with Crippen molar-refractivity contribution in [2.24, 2.45) is 4.99 Å². The van der Waals surface area contributed by atoms with Gasteiger partial charge in [-0.1, -0.05) is 12.1 Å². The second-order valence-corrected chi connectivity index (χ2v) is 8.35.